The highest BCUT2D eigenvalue weighted by atomic mass is 16.5. The van der Waals surface area contributed by atoms with Gasteiger partial charge in [0.1, 0.15) is 0 Å². The summed E-state index contributed by atoms with van der Waals surface area (Å²) >= 11 is 0. The van der Waals surface area contributed by atoms with E-state index < -0.39 is 0 Å². The highest BCUT2D eigenvalue weighted by Gasteiger charge is 2.26. The highest BCUT2D eigenvalue weighted by molar-refractivity contribution is 5.75. The van der Waals surface area contributed by atoms with Crippen molar-refractivity contribution < 1.29 is 9.53 Å². The third-order valence-electron chi connectivity index (χ3n) is 4.47. The Hall–Kier alpha value is -2.34. The molecule has 0 spiro atoms. The van der Waals surface area contributed by atoms with Crippen molar-refractivity contribution in [1.82, 2.24) is 19.8 Å². The largest absolute Gasteiger partial charge is 0.377 e. The molecule has 0 aliphatic carbocycles. The molecular formula is C18H24N4O2. The van der Waals surface area contributed by atoms with E-state index in [4.69, 9.17) is 4.74 Å². The fourth-order valence-corrected chi connectivity index (χ4v) is 2.98. The SMILES string of the molecule is CC[C@@H]1COCCN1C(=O)N[C@H](C)c1cccc(-n2ccnc2)c1. The summed E-state index contributed by atoms with van der Waals surface area (Å²) in [7, 11) is 0. The first-order chi connectivity index (χ1) is 11.7. The van der Waals surface area contributed by atoms with Gasteiger partial charge in [0.05, 0.1) is 31.6 Å². The molecule has 1 aromatic carbocycles. The number of amides is 2. The monoisotopic (exact) mass is 328 g/mol. The van der Waals surface area contributed by atoms with Crippen LogP contribution in [0.1, 0.15) is 31.9 Å². The molecule has 0 bridgehead atoms. The molecule has 0 saturated carbocycles. The van der Waals surface area contributed by atoms with Crippen LogP contribution < -0.4 is 5.32 Å². The lowest BCUT2D eigenvalue weighted by Gasteiger charge is -2.35. The maximum Gasteiger partial charge on any atom is 0.318 e. The molecule has 0 radical (unpaired) electrons. The molecule has 2 heterocycles. The number of carbonyl (C=O) groups is 1. The second-order valence-corrected chi connectivity index (χ2v) is 6.07. The second-order valence-electron chi connectivity index (χ2n) is 6.07. The van der Waals surface area contributed by atoms with Crippen molar-refractivity contribution in [3.05, 3.63) is 48.5 Å². The van der Waals surface area contributed by atoms with E-state index in [9.17, 15) is 4.79 Å². The minimum absolute atomic E-state index is 0.0225. The average molecular weight is 328 g/mol. The molecule has 1 fully saturated rings. The Balaban J connectivity index is 1.69. The summed E-state index contributed by atoms with van der Waals surface area (Å²) in [5, 5.41) is 3.11. The topological polar surface area (TPSA) is 59.4 Å². The van der Waals surface area contributed by atoms with Gasteiger partial charge in [-0.2, -0.15) is 0 Å². The first-order valence-corrected chi connectivity index (χ1v) is 8.42. The number of hydrogen-bond acceptors (Lipinski definition) is 3. The maximum atomic E-state index is 12.6. The van der Waals surface area contributed by atoms with Gasteiger partial charge in [-0.25, -0.2) is 9.78 Å². The number of hydrogen-bond donors (Lipinski definition) is 1. The van der Waals surface area contributed by atoms with Crippen LogP contribution in [0.15, 0.2) is 43.0 Å². The Morgan fingerprint density at radius 2 is 2.38 bits per heavy atom. The van der Waals surface area contributed by atoms with Crippen LogP contribution in [0.3, 0.4) is 0 Å². The van der Waals surface area contributed by atoms with Crippen LogP contribution in [0.25, 0.3) is 5.69 Å². The molecule has 2 aromatic rings. The molecule has 0 unspecified atom stereocenters. The quantitative estimate of drug-likeness (QED) is 0.939. The lowest BCUT2D eigenvalue weighted by Crippen LogP contribution is -2.52. The van der Waals surface area contributed by atoms with Gasteiger partial charge in [-0.15, -0.1) is 0 Å². The zero-order valence-electron chi connectivity index (χ0n) is 14.2. The molecule has 1 aliphatic heterocycles. The summed E-state index contributed by atoms with van der Waals surface area (Å²) < 4.78 is 7.42. The van der Waals surface area contributed by atoms with Crippen LogP contribution in [-0.4, -0.2) is 46.3 Å². The number of nitrogens with zero attached hydrogens (tertiary/aromatic N) is 3. The van der Waals surface area contributed by atoms with Crippen molar-refractivity contribution in [2.45, 2.75) is 32.4 Å². The van der Waals surface area contributed by atoms with Crippen LogP contribution in [0.5, 0.6) is 0 Å². The predicted molar refractivity (Wildman–Crippen MR) is 92.1 cm³/mol. The molecule has 2 amide bonds. The zero-order chi connectivity index (χ0) is 16.9. The number of aromatic nitrogens is 2. The van der Waals surface area contributed by atoms with E-state index >= 15 is 0 Å². The normalized spacial score (nSPS) is 19.1. The second kappa shape index (κ2) is 7.49. The minimum atomic E-state index is -0.0682. The van der Waals surface area contributed by atoms with Gasteiger partial charge in [0.15, 0.2) is 0 Å². The summed E-state index contributed by atoms with van der Waals surface area (Å²) in [4.78, 5) is 18.6. The molecular weight excluding hydrogens is 304 g/mol. The summed E-state index contributed by atoms with van der Waals surface area (Å²) in [6.45, 7) is 5.96. The van der Waals surface area contributed by atoms with Gasteiger partial charge in [0.25, 0.3) is 0 Å². The molecule has 6 nitrogen and oxygen atoms in total. The van der Waals surface area contributed by atoms with E-state index in [2.05, 4.69) is 23.3 Å². The first kappa shape index (κ1) is 16.5. The molecule has 128 valence electrons. The number of morpholine rings is 1. The molecule has 1 aliphatic rings. The number of ether oxygens (including phenoxy) is 1. The molecule has 24 heavy (non-hydrogen) atoms. The van der Waals surface area contributed by atoms with Crippen molar-refractivity contribution >= 4 is 6.03 Å². The summed E-state index contributed by atoms with van der Waals surface area (Å²) in [6, 6.07) is 8.19. The summed E-state index contributed by atoms with van der Waals surface area (Å²) in [5.74, 6) is 0. The number of carbonyl (C=O) groups excluding carboxylic acids is 1. The number of nitrogens with one attached hydrogen (secondary N) is 1. The third-order valence-corrected chi connectivity index (χ3v) is 4.47. The number of imidazole rings is 1. The van der Waals surface area contributed by atoms with Gasteiger partial charge in [-0.05, 0) is 31.0 Å². The van der Waals surface area contributed by atoms with Crippen molar-refractivity contribution in [2.75, 3.05) is 19.8 Å². The Morgan fingerprint density at radius 1 is 1.50 bits per heavy atom. The van der Waals surface area contributed by atoms with Crippen LogP contribution >= 0.6 is 0 Å². The summed E-state index contributed by atoms with van der Waals surface area (Å²) in [5.41, 5.74) is 2.10. The van der Waals surface area contributed by atoms with Gasteiger partial charge in [-0.3, -0.25) is 0 Å². The van der Waals surface area contributed by atoms with E-state index in [0.29, 0.717) is 19.8 Å². The van der Waals surface area contributed by atoms with Gasteiger partial charge < -0.3 is 19.5 Å². The van der Waals surface area contributed by atoms with Gasteiger partial charge in [0, 0.05) is 24.6 Å². The van der Waals surface area contributed by atoms with E-state index in [1.54, 1.807) is 12.5 Å². The summed E-state index contributed by atoms with van der Waals surface area (Å²) in [6.07, 6.45) is 6.32. The van der Waals surface area contributed by atoms with Crippen molar-refractivity contribution in [3.63, 3.8) is 0 Å². The van der Waals surface area contributed by atoms with Crippen molar-refractivity contribution in [2.24, 2.45) is 0 Å². The predicted octanol–water partition coefficient (Wildman–Crippen LogP) is 2.75. The first-order valence-electron chi connectivity index (χ1n) is 8.42. The van der Waals surface area contributed by atoms with E-state index in [0.717, 1.165) is 17.7 Å². The van der Waals surface area contributed by atoms with Crippen molar-refractivity contribution in [3.8, 4) is 5.69 Å². The highest BCUT2D eigenvalue weighted by Crippen LogP contribution is 2.18. The third kappa shape index (κ3) is 3.59. The number of benzene rings is 1. The number of urea groups is 1. The van der Waals surface area contributed by atoms with Crippen LogP contribution in [0.2, 0.25) is 0 Å². The number of rotatable bonds is 4. The van der Waals surface area contributed by atoms with E-state index in [1.807, 2.05) is 40.8 Å². The van der Waals surface area contributed by atoms with E-state index in [-0.39, 0.29) is 18.1 Å². The zero-order valence-corrected chi connectivity index (χ0v) is 14.2. The van der Waals surface area contributed by atoms with E-state index in [1.165, 1.54) is 0 Å². The van der Waals surface area contributed by atoms with Gasteiger partial charge in [0.2, 0.25) is 0 Å². The molecule has 3 rings (SSSR count). The fraction of sp³-hybridized carbons (Fsp3) is 0.444. The van der Waals surface area contributed by atoms with Crippen molar-refractivity contribution in [1.29, 1.82) is 0 Å². The molecule has 1 aromatic heterocycles. The maximum absolute atomic E-state index is 12.6. The lowest BCUT2D eigenvalue weighted by atomic mass is 10.1. The molecule has 1 saturated heterocycles. The Morgan fingerprint density at radius 3 is 3.12 bits per heavy atom. The van der Waals surface area contributed by atoms with Crippen LogP contribution in [0, 0.1) is 0 Å². The smallest absolute Gasteiger partial charge is 0.318 e. The Kier molecular flexibility index (Phi) is 5.15. The Labute approximate surface area is 142 Å². The Bertz CT molecular complexity index is 671. The molecule has 6 heteroatoms. The van der Waals surface area contributed by atoms with Gasteiger partial charge >= 0.3 is 6.03 Å². The standard InChI is InChI=1S/C18H24N4O2/c1-3-16-12-24-10-9-22(16)18(23)20-14(2)15-5-4-6-17(11-15)21-8-7-19-13-21/h4-8,11,13-14,16H,3,9-10,12H2,1-2H3,(H,20,23)/t14-,16-/m1/s1. The van der Waals surface area contributed by atoms with Crippen LogP contribution in [0.4, 0.5) is 4.79 Å². The van der Waals surface area contributed by atoms with Gasteiger partial charge in [-0.1, -0.05) is 19.1 Å². The minimum Gasteiger partial charge on any atom is -0.377 e. The van der Waals surface area contributed by atoms with Crippen LogP contribution in [-0.2, 0) is 4.74 Å². The lowest BCUT2D eigenvalue weighted by molar-refractivity contribution is 0.0108. The average Bonchev–Trinajstić information content (AvgIpc) is 3.16. The molecule has 1 N–H and O–H groups in total. The fourth-order valence-electron chi connectivity index (χ4n) is 2.98. The molecule has 2 atom stereocenters.